The Bertz CT molecular complexity index is 964. The highest BCUT2D eigenvalue weighted by atomic mass is 15.3. The number of aromatic nitrogens is 6. The second-order valence-electron chi connectivity index (χ2n) is 5.29. The first-order valence-corrected chi connectivity index (χ1v) is 7.56. The van der Waals surface area contributed by atoms with Crippen molar-refractivity contribution in [1.29, 1.82) is 0 Å². The molecule has 0 unspecified atom stereocenters. The Morgan fingerprint density at radius 2 is 1.83 bits per heavy atom. The van der Waals surface area contributed by atoms with E-state index >= 15 is 0 Å². The molecule has 0 radical (unpaired) electrons. The van der Waals surface area contributed by atoms with Crippen molar-refractivity contribution in [1.82, 2.24) is 29.7 Å². The maximum Gasteiger partial charge on any atom is 0.182 e. The topological polar surface area (TPSA) is 81.4 Å². The lowest BCUT2D eigenvalue weighted by atomic mass is 10.3. The summed E-state index contributed by atoms with van der Waals surface area (Å²) in [5.41, 5.74) is 2.42. The van der Waals surface area contributed by atoms with Gasteiger partial charge in [-0.2, -0.15) is 5.10 Å². The Balaban J connectivity index is 1.76. The molecule has 7 nitrogen and oxygen atoms in total. The predicted molar refractivity (Wildman–Crippen MR) is 91.1 cm³/mol. The zero-order valence-corrected chi connectivity index (χ0v) is 13.1. The number of fused-ring (bicyclic) bond motifs is 1. The highest BCUT2D eigenvalue weighted by Crippen LogP contribution is 2.23. The summed E-state index contributed by atoms with van der Waals surface area (Å²) in [7, 11) is 1.86. The molecule has 0 atom stereocenters. The summed E-state index contributed by atoms with van der Waals surface area (Å²) in [5, 5.41) is 8.49. The molecule has 4 rings (SSSR count). The standard InChI is InChI=1S/C17H15N7/c1-24-17-13(11-21-24)15(20-10-12-6-2-4-8-18-12)22-16(23-17)14-7-3-5-9-19-14/h2-9,11H,10H2,1H3,(H,20,22,23). The molecule has 0 aliphatic heterocycles. The van der Waals surface area contributed by atoms with Gasteiger partial charge in [-0.15, -0.1) is 0 Å². The Labute approximate surface area is 138 Å². The van der Waals surface area contributed by atoms with Crippen molar-refractivity contribution >= 4 is 16.9 Å². The predicted octanol–water partition coefficient (Wildman–Crippen LogP) is 2.43. The van der Waals surface area contributed by atoms with Gasteiger partial charge < -0.3 is 5.32 Å². The SMILES string of the molecule is Cn1ncc2c(NCc3ccccn3)nc(-c3ccccn3)nc21. The fraction of sp³-hybridized carbons (Fsp3) is 0.118. The second-order valence-corrected chi connectivity index (χ2v) is 5.29. The Kier molecular flexibility index (Phi) is 3.59. The second kappa shape index (κ2) is 6.04. The molecule has 0 fully saturated rings. The summed E-state index contributed by atoms with van der Waals surface area (Å²) in [5.74, 6) is 1.29. The molecule has 0 bridgehead atoms. The van der Waals surface area contributed by atoms with Gasteiger partial charge in [-0.05, 0) is 24.3 Å². The Morgan fingerprint density at radius 3 is 2.58 bits per heavy atom. The lowest BCUT2D eigenvalue weighted by Gasteiger charge is -2.08. The molecule has 1 N–H and O–H groups in total. The molecule has 24 heavy (non-hydrogen) atoms. The van der Waals surface area contributed by atoms with Gasteiger partial charge in [0.15, 0.2) is 11.5 Å². The van der Waals surface area contributed by atoms with Gasteiger partial charge >= 0.3 is 0 Å². The zero-order chi connectivity index (χ0) is 16.4. The third-order valence-corrected chi connectivity index (χ3v) is 3.65. The van der Waals surface area contributed by atoms with Crippen LogP contribution in [0.4, 0.5) is 5.82 Å². The molecular formula is C17H15N7. The van der Waals surface area contributed by atoms with Gasteiger partial charge in [0.05, 0.1) is 23.8 Å². The fourth-order valence-electron chi connectivity index (χ4n) is 2.44. The normalized spacial score (nSPS) is 10.9. The molecule has 0 saturated heterocycles. The van der Waals surface area contributed by atoms with Gasteiger partial charge in [0.2, 0.25) is 0 Å². The molecule has 0 amide bonds. The molecule has 0 aromatic carbocycles. The average molecular weight is 317 g/mol. The minimum Gasteiger partial charge on any atom is -0.364 e. The first-order chi connectivity index (χ1) is 11.8. The average Bonchev–Trinajstić information content (AvgIpc) is 3.02. The number of anilines is 1. The quantitative estimate of drug-likeness (QED) is 0.622. The third kappa shape index (κ3) is 2.67. The van der Waals surface area contributed by atoms with Gasteiger partial charge in [0.25, 0.3) is 0 Å². The van der Waals surface area contributed by atoms with Crippen LogP contribution in [-0.2, 0) is 13.6 Å². The van der Waals surface area contributed by atoms with Crippen LogP contribution >= 0.6 is 0 Å². The molecule has 7 heteroatoms. The van der Waals surface area contributed by atoms with Crippen LogP contribution in [0.15, 0.2) is 55.0 Å². The highest BCUT2D eigenvalue weighted by Gasteiger charge is 2.13. The number of hydrogen-bond donors (Lipinski definition) is 1. The van der Waals surface area contributed by atoms with Gasteiger partial charge in [0, 0.05) is 19.4 Å². The van der Waals surface area contributed by atoms with Crippen molar-refractivity contribution in [2.45, 2.75) is 6.54 Å². The van der Waals surface area contributed by atoms with Crippen molar-refractivity contribution in [3.05, 3.63) is 60.7 Å². The molecule has 4 aromatic heterocycles. The summed E-state index contributed by atoms with van der Waals surface area (Å²) in [6.07, 6.45) is 5.27. The molecule has 0 aliphatic rings. The number of hydrogen-bond acceptors (Lipinski definition) is 6. The molecule has 0 aliphatic carbocycles. The summed E-state index contributed by atoms with van der Waals surface area (Å²) in [4.78, 5) is 17.9. The fourth-order valence-corrected chi connectivity index (χ4v) is 2.44. The van der Waals surface area contributed by atoms with E-state index in [0.29, 0.717) is 12.4 Å². The maximum absolute atomic E-state index is 4.63. The van der Waals surface area contributed by atoms with Crippen molar-refractivity contribution in [3.8, 4) is 11.5 Å². The highest BCUT2D eigenvalue weighted by molar-refractivity contribution is 5.87. The smallest absolute Gasteiger partial charge is 0.182 e. The van der Waals surface area contributed by atoms with E-state index in [1.807, 2.05) is 43.4 Å². The Morgan fingerprint density at radius 1 is 1.00 bits per heavy atom. The van der Waals surface area contributed by atoms with E-state index in [2.05, 4.69) is 30.4 Å². The molecule has 118 valence electrons. The van der Waals surface area contributed by atoms with E-state index in [4.69, 9.17) is 0 Å². The number of pyridine rings is 2. The van der Waals surface area contributed by atoms with Crippen LogP contribution in [-0.4, -0.2) is 29.7 Å². The van der Waals surface area contributed by atoms with Crippen LogP contribution in [0.25, 0.3) is 22.6 Å². The summed E-state index contributed by atoms with van der Waals surface area (Å²) in [6.45, 7) is 0.573. The summed E-state index contributed by atoms with van der Waals surface area (Å²) >= 11 is 0. The van der Waals surface area contributed by atoms with E-state index < -0.39 is 0 Å². The minimum atomic E-state index is 0.565. The van der Waals surface area contributed by atoms with Crippen molar-refractivity contribution in [3.63, 3.8) is 0 Å². The molecular weight excluding hydrogens is 302 g/mol. The summed E-state index contributed by atoms with van der Waals surface area (Å²) < 4.78 is 1.73. The number of aryl methyl sites for hydroxylation is 1. The van der Waals surface area contributed by atoms with Crippen LogP contribution in [0.2, 0.25) is 0 Å². The third-order valence-electron chi connectivity index (χ3n) is 3.65. The maximum atomic E-state index is 4.63. The number of nitrogens with one attached hydrogen (secondary N) is 1. The van der Waals surface area contributed by atoms with E-state index in [9.17, 15) is 0 Å². The monoisotopic (exact) mass is 317 g/mol. The Hall–Kier alpha value is -3.35. The van der Waals surface area contributed by atoms with Crippen molar-refractivity contribution in [2.75, 3.05) is 5.32 Å². The van der Waals surface area contributed by atoms with E-state index in [1.54, 1.807) is 23.3 Å². The zero-order valence-electron chi connectivity index (χ0n) is 13.1. The van der Waals surface area contributed by atoms with E-state index in [-0.39, 0.29) is 0 Å². The minimum absolute atomic E-state index is 0.565. The lowest BCUT2D eigenvalue weighted by Crippen LogP contribution is -2.06. The molecule has 0 spiro atoms. The molecule has 0 saturated carbocycles. The van der Waals surface area contributed by atoms with Crippen LogP contribution in [0, 0.1) is 0 Å². The molecule has 4 aromatic rings. The van der Waals surface area contributed by atoms with E-state index in [0.717, 1.165) is 28.2 Å². The van der Waals surface area contributed by atoms with Crippen LogP contribution in [0.5, 0.6) is 0 Å². The summed E-state index contributed by atoms with van der Waals surface area (Å²) in [6, 6.07) is 11.5. The van der Waals surface area contributed by atoms with Crippen LogP contribution in [0.3, 0.4) is 0 Å². The van der Waals surface area contributed by atoms with Gasteiger partial charge in [0.1, 0.15) is 11.5 Å². The van der Waals surface area contributed by atoms with Crippen LogP contribution in [0.1, 0.15) is 5.69 Å². The number of rotatable bonds is 4. The largest absolute Gasteiger partial charge is 0.364 e. The van der Waals surface area contributed by atoms with Gasteiger partial charge in [-0.25, -0.2) is 9.97 Å². The van der Waals surface area contributed by atoms with E-state index in [1.165, 1.54) is 0 Å². The first kappa shape index (κ1) is 14.3. The van der Waals surface area contributed by atoms with Crippen LogP contribution < -0.4 is 5.32 Å². The van der Waals surface area contributed by atoms with Gasteiger partial charge in [-0.3, -0.25) is 14.6 Å². The van der Waals surface area contributed by atoms with Gasteiger partial charge in [-0.1, -0.05) is 12.1 Å². The van der Waals surface area contributed by atoms with Crippen molar-refractivity contribution in [2.24, 2.45) is 7.05 Å². The molecule has 4 heterocycles. The first-order valence-electron chi connectivity index (χ1n) is 7.56. The number of nitrogens with zero attached hydrogens (tertiary/aromatic N) is 6. The lowest BCUT2D eigenvalue weighted by molar-refractivity contribution is 0.785. The van der Waals surface area contributed by atoms with Crippen molar-refractivity contribution < 1.29 is 0 Å².